The molecule has 0 unspecified atom stereocenters. The van der Waals surface area contributed by atoms with E-state index in [0.29, 0.717) is 13.0 Å². The number of amides is 1. The average Bonchev–Trinajstić information content (AvgIpc) is 2.48. The number of anilines is 1. The van der Waals surface area contributed by atoms with Gasteiger partial charge in [-0.15, -0.1) is 0 Å². The largest absolute Gasteiger partial charge is 0.457 e. The van der Waals surface area contributed by atoms with Gasteiger partial charge in [0.15, 0.2) is 0 Å². The van der Waals surface area contributed by atoms with E-state index in [0.717, 1.165) is 40.3 Å². The summed E-state index contributed by atoms with van der Waals surface area (Å²) in [5.41, 5.74) is 9.91. The minimum absolute atomic E-state index is 0.0733. The van der Waals surface area contributed by atoms with Crippen molar-refractivity contribution in [2.75, 3.05) is 5.32 Å². The van der Waals surface area contributed by atoms with E-state index >= 15 is 0 Å². The summed E-state index contributed by atoms with van der Waals surface area (Å²) < 4.78 is 5.90. The Labute approximate surface area is 123 Å². The number of nitrogens with two attached hydrogens (primary N) is 1. The highest BCUT2D eigenvalue weighted by molar-refractivity contribution is 5.94. The zero-order chi connectivity index (χ0) is 14.8. The molecule has 0 saturated heterocycles. The molecule has 1 amide bonds. The minimum atomic E-state index is 0.0733. The van der Waals surface area contributed by atoms with Gasteiger partial charge in [0, 0.05) is 18.7 Å². The summed E-state index contributed by atoms with van der Waals surface area (Å²) in [6.07, 6.45) is 1.28. The van der Waals surface area contributed by atoms with Crippen LogP contribution in [0.25, 0.3) is 0 Å². The van der Waals surface area contributed by atoms with Gasteiger partial charge in [-0.05, 0) is 60.4 Å². The molecular weight excluding hydrogens is 264 g/mol. The van der Waals surface area contributed by atoms with Crippen LogP contribution in [0.4, 0.5) is 5.69 Å². The van der Waals surface area contributed by atoms with Gasteiger partial charge in [0.05, 0.1) is 0 Å². The second kappa shape index (κ2) is 5.58. The standard InChI is InChI=1S/C17H18N2O2/c1-11-8-14(4-2-13(11)10-18)21-15-5-6-16-12(9-15)3-7-17(20)19-16/h2,4-6,8-9H,3,7,10,18H2,1H3,(H,19,20). The topological polar surface area (TPSA) is 64.3 Å². The third kappa shape index (κ3) is 2.90. The molecule has 0 radical (unpaired) electrons. The van der Waals surface area contributed by atoms with Crippen LogP contribution in [-0.4, -0.2) is 5.91 Å². The molecule has 2 aromatic rings. The lowest BCUT2D eigenvalue weighted by molar-refractivity contribution is -0.116. The molecule has 4 heteroatoms. The lowest BCUT2D eigenvalue weighted by atomic mass is 10.0. The molecule has 1 aliphatic rings. The van der Waals surface area contributed by atoms with Crippen LogP contribution in [0, 0.1) is 6.92 Å². The van der Waals surface area contributed by atoms with E-state index in [1.165, 1.54) is 0 Å². The maximum Gasteiger partial charge on any atom is 0.224 e. The second-order valence-electron chi connectivity index (χ2n) is 5.26. The fourth-order valence-electron chi connectivity index (χ4n) is 2.52. The van der Waals surface area contributed by atoms with Crippen LogP contribution < -0.4 is 15.8 Å². The van der Waals surface area contributed by atoms with Crippen molar-refractivity contribution in [3.8, 4) is 11.5 Å². The summed E-state index contributed by atoms with van der Waals surface area (Å²) in [7, 11) is 0. The molecule has 0 bridgehead atoms. The predicted molar refractivity (Wildman–Crippen MR) is 82.5 cm³/mol. The van der Waals surface area contributed by atoms with Crippen molar-refractivity contribution in [3.63, 3.8) is 0 Å². The van der Waals surface area contributed by atoms with Crippen LogP contribution in [0.3, 0.4) is 0 Å². The first-order valence-electron chi connectivity index (χ1n) is 7.06. The lowest BCUT2D eigenvalue weighted by Gasteiger charge is -2.17. The van der Waals surface area contributed by atoms with Crippen LogP contribution in [-0.2, 0) is 17.8 Å². The lowest BCUT2D eigenvalue weighted by Crippen LogP contribution is -2.18. The molecule has 2 aromatic carbocycles. The molecule has 4 nitrogen and oxygen atoms in total. The Morgan fingerprint density at radius 2 is 1.90 bits per heavy atom. The molecule has 0 atom stereocenters. The van der Waals surface area contributed by atoms with Crippen LogP contribution in [0.2, 0.25) is 0 Å². The summed E-state index contributed by atoms with van der Waals surface area (Å²) in [6, 6.07) is 11.7. The molecule has 21 heavy (non-hydrogen) atoms. The Morgan fingerprint density at radius 1 is 1.14 bits per heavy atom. The van der Waals surface area contributed by atoms with E-state index < -0.39 is 0 Å². The number of fused-ring (bicyclic) bond motifs is 1. The number of carbonyl (C=O) groups excluding carboxylic acids is 1. The van der Waals surface area contributed by atoms with E-state index in [1.54, 1.807) is 0 Å². The highest BCUT2D eigenvalue weighted by atomic mass is 16.5. The van der Waals surface area contributed by atoms with Crippen LogP contribution >= 0.6 is 0 Å². The Kier molecular flexibility index (Phi) is 3.62. The summed E-state index contributed by atoms with van der Waals surface area (Å²) in [4.78, 5) is 11.3. The number of rotatable bonds is 3. The number of carbonyl (C=O) groups is 1. The van der Waals surface area contributed by atoms with Crippen LogP contribution in [0.5, 0.6) is 11.5 Å². The molecule has 0 aromatic heterocycles. The van der Waals surface area contributed by atoms with Crippen molar-refractivity contribution < 1.29 is 9.53 Å². The summed E-state index contributed by atoms with van der Waals surface area (Å²) in [5.74, 6) is 1.65. The molecule has 1 aliphatic heterocycles. The van der Waals surface area contributed by atoms with Crippen molar-refractivity contribution in [2.24, 2.45) is 5.73 Å². The van der Waals surface area contributed by atoms with Gasteiger partial charge in [0.1, 0.15) is 11.5 Å². The first-order chi connectivity index (χ1) is 10.2. The smallest absolute Gasteiger partial charge is 0.224 e. The number of hydrogen-bond donors (Lipinski definition) is 2. The Hall–Kier alpha value is -2.33. The number of hydrogen-bond acceptors (Lipinski definition) is 3. The monoisotopic (exact) mass is 282 g/mol. The molecule has 0 fully saturated rings. The minimum Gasteiger partial charge on any atom is -0.457 e. The Balaban J connectivity index is 1.82. The molecule has 108 valence electrons. The van der Waals surface area contributed by atoms with Crippen molar-refractivity contribution in [1.82, 2.24) is 0 Å². The fourth-order valence-corrected chi connectivity index (χ4v) is 2.52. The second-order valence-corrected chi connectivity index (χ2v) is 5.26. The van der Waals surface area contributed by atoms with Gasteiger partial charge in [-0.25, -0.2) is 0 Å². The molecule has 0 saturated carbocycles. The highest BCUT2D eigenvalue weighted by Gasteiger charge is 2.15. The molecule has 3 N–H and O–H groups in total. The van der Waals surface area contributed by atoms with Gasteiger partial charge in [-0.1, -0.05) is 6.07 Å². The zero-order valence-corrected chi connectivity index (χ0v) is 12.0. The molecule has 0 aliphatic carbocycles. The first kappa shape index (κ1) is 13.6. The number of benzene rings is 2. The fraction of sp³-hybridized carbons (Fsp3) is 0.235. The van der Waals surface area contributed by atoms with Crippen LogP contribution in [0.1, 0.15) is 23.1 Å². The Morgan fingerprint density at radius 3 is 2.67 bits per heavy atom. The van der Waals surface area contributed by atoms with Crippen molar-refractivity contribution in [1.29, 1.82) is 0 Å². The maximum absolute atomic E-state index is 11.3. The van der Waals surface area contributed by atoms with Gasteiger partial charge in [0.25, 0.3) is 0 Å². The quantitative estimate of drug-likeness (QED) is 0.909. The first-order valence-corrected chi connectivity index (χ1v) is 7.06. The maximum atomic E-state index is 11.3. The van der Waals surface area contributed by atoms with E-state index in [9.17, 15) is 4.79 Å². The van der Waals surface area contributed by atoms with E-state index in [-0.39, 0.29) is 5.91 Å². The van der Waals surface area contributed by atoms with Gasteiger partial charge < -0.3 is 15.8 Å². The van der Waals surface area contributed by atoms with Crippen molar-refractivity contribution in [3.05, 3.63) is 53.1 Å². The normalized spacial score (nSPS) is 13.5. The van der Waals surface area contributed by atoms with E-state index in [2.05, 4.69) is 5.32 Å². The average molecular weight is 282 g/mol. The number of ether oxygens (including phenoxy) is 1. The highest BCUT2D eigenvalue weighted by Crippen LogP contribution is 2.30. The van der Waals surface area contributed by atoms with Gasteiger partial charge in [-0.2, -0.15) is 0 Å². The zero-order valence-electron chi connectivity index (χ0n) is 12.0. The Bertz CT molecular complexity index is 695. The van der Waals surface area contributed by atoms with Gasteiger partial charge in [-0.3, -0.25) is 4.79 Å². The molecular formula is C17H18N2O2. The van der Waals surface area contributed by atoms with Crippen molar-refractivity contribution in [2.45, 2.75) is 26.3 Å². The van der Waals surface area contributed by atoms with Crippen molar-refractivity contribution >= 4 is 11.6 Å². The van der Waals surface area contributed by atoms with Crippen LogP contribution in [0.15, 0.2) is 36.4 Å². The molecule has 3 rings (SSSR count). The van der Waals surface area contributed by atoms with Gasteiger partial charge in [0.2, 0.25) is 5.91 Å². The van der Waals surface area contributed by atoms with E-state index in [1.807, 2.05) is 43.3 Å². The SMILES string of the molecule is Cc1cc(Oc2ccc3c(c2)CCC(=O)N3)ccc1CN. The molecule has 1 heterocycles. The number of aryl methyl sites for hydroxylation is 2. The van der Waals surface area contributed by atoms with E-state index in [4.69, 9.17) is 10.5 Å². The number of nitrogens with one attached hydrogen (secondary N) is 1. The summed E-state index contributed by atoms with van der Waals surface area (Å²) >= 11 is 0. The summed E-state index contributed by atoms with van der Waals surface area (Å²) in [5, 5.41) is 2.87. The van der Waals surface area contributed by atoms with Gasteiger partial charge >= 0.3 is 0 Å². The third-order valence-electron chi connectivity index (χ3n) is 3.74. The summed E-state index contributed by atoms with van der Waals surface area (Å²) in [6.45, 7) is 2.56. The third-order valence-corrected chi connectivity index (χ3v) is 3.74. The molecule has 0 spiro atoms. The predicted octanol–water partition coefficient (Wildman–Crippen LogP) is 3.13.